The van der Waals surface area contributed by atoms with Crippen LogP contribution in [0.1, 0.15) is 36.1 Å². The number of nitrogens with one attached hydrogen (secondary N) is 1. The number of benzene rings is 1. The summed E-state index contributed by atoms with van der Waals surface area (Å²) in [6, 6.07) is 13.5. The van der Waals surface area contributed by atoms with Gasteiger partial charge in [-0.05, 0) is 36.1 Å². The van der Waals surface area contributed by atoms with Crippen LogP contribution in [0.2, 0.25) is 0 Å². The molecule has 1 amide bonds. The summed E-state index contributed by atoms with van der Waals surface area (Å²) < 4.78 is 28.6. The minimum Gasteiger partial charge on any atom is -0.450 e. The fourth-order valence-electron chi connectivity index (χ4n) is 3.47. The molecule has 1 fully saturated rings. The van der Waals surface area contributed by atoms with Crippen LogP contribution in [-0.2, 0) is 14.8 Å². The quantitative estimate of drug-likeness (QED) is 0.623. The maximum absolute atomic E-state index is 12.7. The summed E-state index contributed by atoms with van der Waals surface area (Å²) in [5.41, 5.74) is 2.30. The minimum absolute atomic E-state index is 0.0269. The normalized spacial score (nSPS) is 20.3. The van der Waals surface area contributed by atoms with Crippen LogP contribution >= 0.6 is 11.3 Å². The topological polar surface area (TPSA) is 124 Å². The number of sulfonamides is 1. The van der Waals surface area contributed by atoms with Crippen molar-refractivity contribution in [3.8, 4) is 0 Å². The monoisotopic (exact) mass is 464 g/mol. The van der Waals surface area contributed by atoms with Crippen LogP contribution in [0.3, 0.4) is 0 Å². The maximum Gasteiger partial charge on any atom is 0.503 e. The molecule has 166 valence electrons. The van der Waals surface area contributed by atoms with E-state index in [2.05, 4.69) is 4.72 Å². The van der Waals surface area contributed by atoms with Crippen molar-refractivity contribution < 1.29 is 28.2 Å². The molecule has 2 aliphatic rings. The number of amides is 1. The first-order valence-electron chi connectivity index (χ1n) is 9.71. The van der Waals surface area contributed by atoms with Crippen LogP contribution in [0.15, 0.2) is 52.7 Å². The van der Waals surface area contributed by atoms with Gasteiger partial charge < -0.3 is 15.1 Å². The number of thiophene rings is 1. The highest BCUT2D eigenvalue weighted by Crippen LogP contribution is 2.42. The molecule has 2 heterocycles. The first kappa shape index (κ1) is 23.0. The Morgan fingerprint density at radius 3 is 2.39 bits per heavy atom. The van der Waals surface area contributed by atoms with Gasteiger partial charge in [0.1, 0.15) is 4.21 Å². The summed E-state index contributed by atoms with van der Waals surface area (Å²) in [5, 5.41) is 13.9. The average molecular weight is 465 g/mol. The molecule has 4 rings (SSSR count). The fourth-order valence-corrected chi connectivity index (χ4v) is 6.15. The minimum atomic E-state index is -3.50. The van der Waals surface area contributed by atoms with Crippen molar-refractivity contribution in [3.63, 3.8) is 0 Å². The zero-order valence-electron chi connectivity index (χ0n) is 16.9. The summed E-state index contributed by atoms with van der Waals surface area (Å²) in [4.78, 5) is 22.7. The maximum atomic E-state index is 12.7. The van der Waals surface area contributed by atoms with Crippen molar-refractivity contribution in [2.75, 3.05) is 13.1 Å². The van der Waals surface area contributed by atoms with E-state index in [0.717, 1.165) is 23.3 Å². The SMILES string of the molecule is CC(=O)N1CC=C(c2ccc(S(=O)(=O)N[C@H]3C[C@@H]3c3ccccc3)s2)CC1.O=C(O)O. The zero-order valence-corrected chi connectivity index (χ0v) is 18.5. The molecule has 1 aromatic heterocycles. The third-order valence-corrected chi connectivity index (χ3v) is 8.28. The molecule has 3 N–H and O–H groups in total. The van der Waals surface area contributed by atoms with Crippen LogP contribution < -0.4 is 4.72 Å². The number of hydrogen-bond donors (Lipinski definition) is 3. The van der Waals surface area contributed by atoms with E-state index >= 15 is 0 Å². The molecule has 1 aromatic carbocycles. The lowest BCUT2D eigenvalue weighted by Gasteiger charge is -2.24. The zero-order chi connectivity index (χ0) is 22.6. The molecular weight excluding hydrogens is 440 g/mol. The van der Waals surface area contributed by atoms with Crippen molar-refractivity contribution in [2.24, 2.45) is 0 Å². The number of nitrogens with zero attached hydrogens (tertiary/aromatic N) is 1. The molecule has 2 atom stereocenters. The van der Waals surface area contributed by atoms with Crippen molar-refractivity contribution in [2.45, 2.75) is 35.9 Å². The van der Waals surface area contributed by atoms with Gasteiger partial charge in [-0.2, -0.15) is 0 Å². The van der Waals surface area contributed by atoms with Crippen molar-refractivity contribution in [1.29, 1.82) is 0 Å². The molecule has 10 heteroatoms. The number of carbonyl (C=O) groups excluding carboxylic acids is 1. The fraction of sp³-hybridized carbons (Fsp3) is 0.333. The largest absolute Gasteiger partial charge is 0.503 e. The summed E-state index contributed by atoms with van der Waals surface area (Å²) in [6.45, 7) is 2.84. The van der Waals surface area contributed by atoms with Gasteiger partial charge in [0.25, 0.3) is 0 Å². The molecule has 0 spiro atoms. The number of carbonyl (C=O) groups is 2. The highest BCUT2D eigenvalue weighted by Gasteiger charge is 2.41. The lowest BCUT2D eigenvalue weighted by Crippen LogP contribution is -2.32. The van der Waals surface area contributed by atoms with E-state index in [9.17, 15) is 13.2 Å². The second-order valence-electron chi connectivity index (χ2n) is 7.33. The summed E-state index contributed by atoms with van der Waals surface area (Å²) in [7, 11) is -3.50. The van der Waals surface area contributed by atoms with Crippen molar-refractivity contribution in [3.05, 3.63) is 59.0 Å². The lowest BCUT2D eigenvalue weighted by atomic mass is 10.1. The summed E-state index contributed by atoms with van der Waals surface area (Å²) in [5.74, 6) is 0.334. The van der Waals surface area contributed by atoms with Gasteiger partial charge in [0.05, 0.1) is 0 Å². The van der Waals surface area contributed by atoms with Gasteiger partial charge in [-0.15, -0.1) is 11.3 Å². The first-order valence-corrected chi connectivity index (χ1v) is 12.0. The van der Waals surface area contributed by atoms with Crippen LogP contribution in [0, 0.1) is 0 Å². The van der Waals surface area contributed by atoms with Gasteiger partial charge in [0.2, 0.25) is 15.9 Å². The third-order valence-electron chi connectivity index (χ3n) is 5.14. The Hall–Kier alpha value is -2.69. The average Bonchev–Trinajstić information content (AvgIpc) is 3.28. The van der Waals surface area contributed by atoms with Gasteiger partial charge in [-0.25, -0.2) is 17.9 Å². The van der Waals surface area contributed by atoms with Crippen LogP contribution in [0.25, 0.3) is 5.57 Å². The Balaban J connectivity index is 0.000000628. The molecule has 0 unspecified atom stereocenters. The van der Waals surface area contributed by atoms with E-state index in [-0.39, 0.29) is 17.9 Å². The first-order chi connectivity index (χ1) is 14.7. The molecule has 0 saturated heterocycles. The molecular formula is C21H24N2O6S2. The molecule has 0 bridgehead atoms. The summed E-state index contributed by atoms with van der Waals surface area (Å²) >= 11 is 1.30. The Bertz CT molecular complexity index is 1070. The van der Waals surface area contributed by atoms with Gasteiger partial charge in [0, 0.05) is 36.9 Å². The Kier molecular flexibility index (Phi) is 7.14. The van der Waals surface area contributed by atoms with E-state index in [1.54, 1.807) is 17.9 Å². The highest BCUT2D eigenvalue weighted by atomic mass is 32.2. The highest BCUT2D eigenvalue weighted by molar-refractivity contribution is 7.91. The smallest absolute Gasteiger partial charge is 0.450 e. The predicted octanol–water partition coefficient (Wildman–Crippen LogP) is 3.44. The van der Waals surface area contributed by atoms with Crippen molar-refractivity contribution in [1.82, 2.24) is 9.62 Å². The molecule has 8 nitrogen and oxygen atoms in total. The Morgan fingerprint density at radius 2 is 1.81 bits per heavy atom. The predicted molar refractivity (Wildman–Crippen MR) is 118 cm³/mol. The molecule has 1 saturated carbocycles. The van der Waals surface area contributed by atoms with Crippen molar-refractivity contribution >= 4 is 39.0 Å². The lowest BCUT2D eigenvalue weighted by molar-refractivity contribution is -0.128. The number of rotatable bonds is 5. The Morgan fingerprint density at radius 1 is 1.13 bits per heavy atom. The standard InChI is InChI=1S/C20H22N2O3S2.CH2O3/c1-14(23)22-11-9-16(10-12-22)19-7-8-20(26-19)27(24,25)21-18-13-17(18)15-5-3-2-4-6-15;2-1(3)4/h2-9,17-18,21H,10-13H2,1H3;(H2,2,3,4)/t17-,18+;/m1./s1. The molecule has 0 radical (unpaired) electrons. The van der Waals surface area contributed by atoms with Gasteiger partial charge in [-0.3, -0.25) is 4.79 Å². The van der Waals surface area contributed by atoms with Crippen LogP contribution in [-0.4, -0.2) is 54.7 Å². The second-order valence-corrected chi connectivity index (χ2v) is 10.4. The second kappa shape index (κ2) is 9.63. The summed E-state index contributed by atoms with van der Waals surface area (Å²) in [6.07, 6.45) is 1.78. The van der Waals surface area contributed by atoms with E-state index < -0.39 is 16.2 Å². The molecule has 31 heavy (non-hydrogen) atoms. The number of carboxylic acid groups (broad SMARTS) is 2. The van der Waals surface area contributed by atoms with Gasteiger partial charge >= 0.3 is 6.16 Å². The van der Waals surface area contributed by atoms with Crippen LogP contribution in [0.4, 0.5) is 4.79 Å². The van der Waals surface area contributed by atoms with E-state index in [1.165, 1.54) is 16.9 Å². The molecule has 2 aromatic rings. The van der Waals surface area contributed by atoms with Crippen LogP contribution in [0.5, 0.6) is 0 Å². The number of hydrogen-bond acceptors (Lipinski definition) is 5. The molecule has 1 aliphatic heterocycles. The Labute approximate surface area is 184 Å². The molecule has 1 aliphatic carbocycles. The van der Waals surface area contributed by atoms with E-state index in [4.69, 9.17) is 15.0 Å². The van der Waals surface area contributed by atoms with Gasteiger partial charge in [0.15, 0.2) is 0 Å². The third kappa shape index (κ3) is 6.16. The van der Waals surface area contributed by atoms with E-state index in [0.29, 0.717) is 17.3 Å². The van der Waals surface area contributed by atoms with E-state index in [1.807, 2.05) is 42.5 Å². The van der Waals surface area contributed by atoms with Gasteiger partial charge in [-0.1, -0.05) is 36.4 Å².